The number of aromatic nitrogens is 5. The first-order chi connectivity index (χ1) is 13.8. The molecule has 1 amide bonds. The molecule has 4 aromatic rings. The minimum Gasteiger partial charge on any atom is -0.352 e. The van der Waals surface area contributed by atoms with E-state index in [0.717, 1.165) is 27.5 Å². The summed E-state index contributed by atoms with van der Waals surface area (Å²) in [4.78, 5) is 25.1. The molecule has 0 aliphatic carbocycles. The lowest BCUT2D eigenvalue weighted by Gasteiger charge is -2.10. The third-order valence-corrected chi connectivity index (χ3v) is 5.08. The first-order valence-corrected chi connectivity index (χ1v) is 9.67. The quantitative estimate of drug-likeness (QED) is 0.524. The van der Waals surface area contributed by atoms with E-state index in [9.17, 15) is 4.79 Å². The van der Waals surface area contributed by atoms with Gasteiger partial charge in [0.15, 0.2) is 0 Å². The van der Waals surface area contributed by atoms with Crippen molar-refractivity contribution in [2.45, 2.75) is 19.5 Å². The summed E-state index contributed by atoms with van der Waals surface area (Å²) in [5.74, 6) is -0.0616. The summed E-state index contributed by atoms with van der Waals surface area (Å²) < 4.78 is 1.76. The maximum atomic E-state index is 12.4. The first-order valence-electron chi connectivity index (χ1n) is 8.79. The van der Waals surface area contributed by atoms with Crippen LogP contribution in [0.4, 0.5) is 0 Å². The van der Waals surface area contributed by atoms with Crippen molar-refractivity contribution in [1.29, 1.82) is 0 Å². The maximum absolute atomic E-state index is 12.4. The number of nitrogens with zero attached hydrogens (tertiary/aromatic N) is 5. The SMILES string of the molecule is O=C(Cc1csc(-c2ccccn2)n1)NCc1ccccc1Cn1cncn1. The Morgan fingerprint density at radius 1 is 1.11 bits per heavy atom. The molecule has 0 fully saturated rings. The van der Waals surface area contributed by atoms with Crippen LogP contribution >= 0.6 is 11.3 Å². The molecule has 140 valence electrons. The molecule has 0 aliphatic heterocycles. The highest BCUT2D eigenvalue weighted by Crippen LogP contribution is 2.21. The Bertz CT molecular complexity index is 1050. The zero-order chi connectivity index (χ0) is 19.2. The fourth-order valence-corrected chi connectivity index (χ4v) is 3.58. The zero-order valence-electron chi connectivity index (χ0n) is 15.0. The largest absolute Gasteiger partial charge is 0.352 e. The van der Waals surface area contributed by atoms with Gasteiger partial charge in [0.25, 0.3) is 0 Å². The van der Waals surface area contributed by atoms with Crippen molar-refractivity contribution in [3.8, 4) is 10.7 Å². The molecule has 0 aliphatic rings. The molecule has 4 rings (SSSR count). The number of thiazole rings is 1. The molecule has 0 bridgehead atoms. The summed E-state index contributed by atoms with van der Waals surface area (Å²) in [5.41, 5.74) is 3.72. The van der Waals surface area contributed by atoms with Crippen LogP contribution in [-0.4, -0.2) is 30.6 Å². The first kappa shape index (κ1) is 18.0. The zero-order valence-corrected chi connectivity index (χ0v) is 15.8. The Labute approximate surface area is 166 Å². The third kappa shape index (κ3) is 4.47. The van der Waals surface area contributed by atoms with E-state index >= 15 is 0 Å². The fraction of sp³-hybridized carbons (Fsp3) is 0.150. The van der Waals surface area contributed by atoms with E-state index in [1.807, 2.05) is 47.8 Å². The van der Waals surface area contributed by atoms with Crippen LogP contribution in [0.3, 0.4) is 0 Å². The number of carbonyl (C=O) groups excluding carboxylic acids is 1. The van der Waals surface area contributed by atoms with Gasteiger partial charge in [-0.2, -0.15) is 5.10 Å². The van der Waals surface area contributed by atoms with Gasteiger partial charge in [-0.3, -0.25) is 9.78 Å². The van der Waals surface area contributed by atoms with Crippen molar-refractivity contribution in [3.05, 3.63) is 83.5 Å². The van der Waals surface area contributed by atoms with Crippen molar-refractivity contribution < 1.29 is 4.79 Å². The minimum atomic E-state index is -0.0616. The topological polar surface area (TPSA) is 85.6 Å². The van der Waals surface area contributed by atoms with E-state index in [1.165, 1.54) is 17.7 Å². The fourth-order valence-electron chi connectivity index (χ4n) is 2.79. The lowest BCUT2D eigenvalue weighted by Crippen LogP contribution is -2.25. The Morgan fingerprint density at radius 3 is 2.75 bits per heavy atom. The molecule has 0 atom stereocenters. The summed E-state index contributed by atoms with van der Waals surface area (Å²) in [6, 6.07) is 13.7. The molecule has 1 N–H and O–H groups in total. The number of benzene rings is 1. The lowest BCUT2D eigenvalue weighted by atomic mass is 10.1. The van der Waals surface area contributed by atoms with Crippen molar-refractivity contribution in [1.82, 2.24) is 30.0 Å². The Morgan fingerprint density at radius 2 is 1.96 bits per heavy atom. The predicted octanol–water partition coefficient (Wildman–Crippen LogP) is 2.70. The summed E-state index contributed by atoms with van der Waals surface area (Å²) >= 11 is 1.49. The molecule has 3 aromatic heterocycles. The molecular weight excluding hydrogens is 372 g/mol. The van der Waals surface area contributed by atoms with Crippen LogP contribution in [0.5, 0.6) is 0 Å². The van der Waals surface area contributed by atoms with Crippen LogP contribution < -0.4 is 5.32 Å². The molecular formula is C20H18N6OS. The van der Waals surface area contributed by atoms with Crippen LogP contribution in [-0.2, 0) is 24.3 Å². The van der Waals surface area contributed by atoms with Gasteiger partial charge in [-0.15, -0.1) is 11.3 Å². The number of carbonyl (C=O) groups is 1. The molecule has 0 radical (unpaired) electrons. The molecule has 3 heterocycles. The molecule has 0 unspecified atom stereocenters. The maximum Gasteiger partial charge on any atom is 0.226 e. The number of amides is 1. The van der Waals surface area contributed by atoms with Gasteiger partial charge < -0.3 is 5.32 Å². The number of nitrogens with one attached hydrogen (secondary N) is 1. The van der Waals surface area contributed by atoms with Gasteiger partial charge in [-0.25, -0.2) is 14.6 Å². The van der Waals surface area contributed by atoms with E-state index in [-0.39, 0.29) is 12.3 Å². The van der Waals surface area contributed by atoms with Gasteiger partial charge in [0, 0.05) is 18.1 Å². The Hall–Kier alpha value is -3.39. The van der Waals surface area contributed by atoms with Gasteiger partial charge in [0.1, 0.15) is 17.7 Å². The monoisotopic (exact) mass is 390 g/mol. The van der Waals surface area contributed by atoms with Crippen LogP contribution in [0.15, 0.2) is 66.7 Å². The number of hydrogen-bond acceptors (Lipinski definition) is 6. The van der Waals surface area contributed by atoms with Crippen LogP contribution in [0.2, 0.25) is 0 Å². The summed E-state index contributed by atoms with van der Waals surface area (Å²) in [6.07, 6.45) is 5.17. The second kappa shape index (κ2) is 8.53. The second-order valence-corrected chi connectivity index (χ2v) is 7.03. The number of pyridine rings is 1. The summed E-state index contributed by atoms with van der Waals surface area (Å²) in [6.45, 7) is 1.08. The van der Waals surface area contributed by atoms with Crippen molar-refractivity contribution in [2.24, 2.45) is 0 Å². The Balaban J connectivity index is 1.36. The average molecular weight is 390 g/mol. The molecule has 0 saturated heterocycles. The molecule has 8 heteroatoms. The van der Waals surface area contributed by atoms with Crippen molar-refractivity contribution in [2.75, 3.05) is 0 Å². The molecule has 0 spiro atoms. The third-order valence-electron chi connectivity index (χ3n) is 4.17. The van der Waals surface area contributed by atoms with Crippen molar-refractivity contribution >= 4 is 17.2 Å². The van der Waals surface area contributed by atoms with E-state index in [0.29, 0.717) is 13.1 Å². The standard InChI is InChI=1S/C20H18N6OS/c27-19(9-17-12-28-20(25-17)18-7-3-4-8-22-18)23-10-15-5-1-2-6-16(15)11-26-14-21-13-24-26/h1-8,12-14H,9-11H2,(H,23,27). The van der Waals surface area contributed by atoms with Gasteiger partial charge in [-0.1, -0.05) is 30.3 Å². The van der Waals surface area contributed by atoms with Crippen molar-refractivity contribution in [3.63, 3.8) is 0 Å². The van der Waals surface area contributed by atoms with Crippen LogP contribution in [0, 0.1) is 0 Å². The van der Waals surface area contributed by atoms with Gasteiger partial charge in [-0.05, 0) is 23.3 Å². The molecule has 7 nitrogen and oxygen atoms in total. The minimum absolute atomic E-state index is 0.0616. The lowest BCUT2D eigenvalue weighted by molar-refractivity contribution is -0.120. The number of rotatable bonds is 7. The molecule has 0 saturated carbocycles. The molecule has 28 heavy (non-hydrogen) atoms. The van der Waals surface area contributed by atoms with E-state index in [1.54, 1.807) is 17.2 Å². The van der Waals surface area contributed by atoms with E-state index in [4.69, 9.17) is 0 Å². The average Bonchev–Trinajstić information content (AvgIpc) is 3.40. The van der Waals surface area contributed by atoms with Crippen LogP contribution in [0.1, 0.15) is 16.8 Å². The van der Waals surface area contributed by atoms with Gasteiger partial charge >= 0.3 is 0 Å². The Kier molecular flexibility index (Phi) is 5.48. The highest BCUT2D eigenvalue weighted by molar-refractivity contribution is 7.13. The van der Waals surface area contributed by atoms with E-state index < -0.39 is 0 Å². The van der Waals surface area contributed by atoms with E-state index in [2.05, 4.69) is 25.4 Å². The predicted molar refractivity (Wildman–Crippen MR) is 106 cm³/mol. The summed E-state index contributed by atoms with van der Waals surface area (Å²) in [7, 11) is 0. The smallest absolute Gasteiger partial charge is 0.226 e. The van der Waals surface area contributed by atoms with Gasteiger partial charge in [0.05, 0.1) is 24.4 Å². The highest BCUT2D eigenvalue weighted by atomic mass is 32.1. The normalized spacial score (nSPS) is 10.7. The summed E-state index contributed by atoms with van der Waals surface area (Å²) in [5, 5.41) is 9.84. The van der Waals surface area contributed by atoms with Crippen LogP contribution in [0.25, 0.3) is 10.7 Å². The second-order valence-electron chi connectivity index (χ2n) is 6.17. The number of hydrogen-bond donors (Lipinski definition) is 1. The van der Waals surface area contributed by atoms with Gasteiger partial charge in [0.2, 0.25) is 5.91 Å². The molecule has 1 aromatic carbocycles. The highest BCUT2D eigenvalue weighted by Gasteiger charge is 2.10.